The van der Waals surface area contributed by atoms with Crippen molar-refractivity contribution in [2.24, 2.45) is 5.73 Å². The summed E-state index contributed by atoms with van der Waals surface area (Å²) in [6, 6.07) is 7.68. The zero-order chi connectivity index (χ0) is 14.5. The number of carbonyl (C=O) groups is 1. The summed E-state index contributed by atoms with van der Waals surface area (Å²) in [6.45, 7) is 8.09. The van der Waals surface area contributed by atoms with E-state index in [0.717, 1.165) is 5.56 Å². The molecule has 0 aliphatic rings. The van der Waals surface area contributed by atoms with Crippen LogP contribution in [-0.4, -0.2) is 24.1 Å². The van der Waals surface area contributed by atoms with Gasteiger partial charge < -0.3 is 15.8 Å². The summed E-state index contributed by atoms with van der Waals surface area (Å²) in [5.41, 5.74) is 6.53. The fourth-order valence-corrected chi connectivity index (χ4v) is 1.60. The summed E-state index contributed by atoms with van der Waals surface area (Å²) in [6.07, 6.45) is 0.134. The topological polar surface area (TPSA) is 64.3 Å². The lowest BCUT2D eigenvalue weighted by Gasteiger charge is -2.22. The van der Waals surface area contributed by atoms with Crippen LogP contribution in [0.4, 0.5) is 0 Å². The Kier molecular flexibility index (Phi) is 5.36. The Bertz CT molecular complexity index is 424. The molecule has 1 aromatic carbocycles. The second-order valence-electron chi connectivity index (χ2n) is 5.54. The monoisotopic (exact) mass is 264 g/mol. The van der Waals surface area contributed by atoms with Gasteiger partial charge in [-0.25, -0.2) is 0 Å². The summed E-state index contributed by atoms with van der Waals surface area (Å²) in [7, 11) is 0. The molecular weight excluding hydrogens is 240 g/mol. The summed E-state index contributed by atoms with van der Waals surface area (Å²) in [4.78, 5) is 12.0. The minimum atomic E-state index is -0.482. The minimum absolute atomic E-state index is 0.123. The third kappa shape index (κ3) is 5.75. The standard InChI is InChI=1S/C15H24N2O2/c1-5-13(14(18)17-10-15(3,4)16)19-12-8-6-7-11(2)9-12/h6-9,13H,5,10,16H2,1-4H3,(H,17,18). The average molecular weight is 264 g/mol. The number of carbonyl (C=O) groups excluding carboxylic acids is 1. The Morgan fingerprint density at radius 1 is 1.47 bits per heavy atom. The van der Waals surface area contributed by atoms with E-state index < -0.39 is 11.6 Å². The van der Waals surface area contributed by atoms with Crippen molar-refractivity contribution in [3.05, 3.63) is 29.8 Å². The molecule has 0 radical (unpaired) electrons. The molecule has 4 nitrogen and oxygen atoms in total. The Hall–Kier alpha value is -1.55. The summed E-state index contributed by atoms with van der Waals surface area (Å²) >= 11 is 0. The summed E-state index contributed by atoms with van der Waals surface area (Å²) in [5, 5.41) is 2.82. The van der Waals surface area contributed by atoms with Crippen LogP contribution in [0.15, 0.2) is 24.3 Å². The zero-order valence-corrected chi connectivity index (χ0v) is 12.2. The van der Waals surface area contributed by atoms with Crippen molar-refractivity contribution in [2.75, 3.05) is 6.54 Å². The van der Waals surface area contributed by atoms with Gasteiger partial charge in [-0.3, -0.25) is 4.79 Å². The molecule has 1 atom stereocenters. The number of nitrogens with two attached hydrogens (primary N) is 1. The van der Waals surface area contributed by atoms with Crippen LogP contribution in [0.2, 0.25) is 0 Å². The van der Waals surface area contributed by atoms with Crippen LogP contribution < -0.4 is 15.8 Å². The first-order chi connectivity index (χ1) is 8.81. The molecule has 0 fully saturated rings. The van der Waals surface area contributed by atoms with Crippen molar-refractivity contribution >= 4 is 5.91 Å². The van der Waals surface area contributed by atoms with Crippen molar-refractivity contribution in [3.63, 3.8) is 0 Å². The van der Waals surface area contributed by atoms with E-state index >= 15 is 0 Å². The van der Waals surface area contributed by atoms with Gasteiger partial charge in [0.1, 0.15) is 5.75 Å². The van der Waals surface area contributed by atoms with Crippen LogP contribution in [-0.2, 0) is 4.79 Å². The van der Waals surface area contributed by atoms with Crippen molar-refractivity contribution < 1.29 is 9.53 Å². The van der Waals surface area contributed by atoms with E-state index in [1.165, 1.54) is 0 Å². The fraction of sp³-hybridized carbons (Fsp3) is 0.533. The molecule has 3 N–H and O–H groups in total. The molecule has 4 heteroatoms. The second-order valence-corrected chi connectivity index (χ2v) is 5.54. The highest BCUT2D eigenvalue weighted by Crippen LogP contribution is 2.15. The number of hydrogen-bond acceptors (Lipinski definition) is 3. The van der Waals surface area contributed by atoms with Gasteiger partial charge in [-0.15, -0.1) is 0 Å². The minimum Gasteiger partial charge on any atom is -0.481 e. The normalized spacial score (nSPS) is 12.9. The summed E-state index contributed by atoms with van der Waals surface area (Å²) in [5.74, 6) is 0.594. The number of ether oxygens (including phenoxy) is 1. The quantitative estimate of drug-likeness (QED) is 0.826. The molecule has 106 valence electrons. The van der Waals surface area contributed by atoms with Crippen molar-refractivity contribution in [2.45, 2.75) is 45.8 Å². The highest BCUT2D eigenvalue weighted by molar-refractivity contribution is 5.81. The Labute approximate surface area is 115 Å². The van der Waals surface area contributed by atoms with Crippen LogP contribution >= 0.6 is 0 Å². The van der Waals surface area contributed by atoms with Gasteiger partial charge in [0.25, 0.3) is 5.91 Å². The fourth-order valence-electron chi connectivity index (χ4n) is 1.60. The predicted molar refractivity (Wildman–Crippen MR) is 77.2 cm³/mol. The molecule has 1 amide bonds. The smallest absolute Gasteiger partial charge is 0.261 e. The van der Waals surface area contributed by atoms with Gasteiger partial charge in [-0.1, -0.05) is 19.1 Å². The Morgan fingerprint density at radius 2 is 2.16 bits per heavy atom. The summed E-state index contributed by atoms with van der Waals surface area (Å²) < 4.78 is 5.72. The SMILES string of the molecule is CCC(Oc1cccc(C)c1)C(=O)NCC(C)(C)N. The first kappa shape index (κ1) is 15.5. The number of nitrogens with one attached hydrogen (secondary N) is 1. The van der Waals surface area contributed by atoms with Crippen molar-refractivity contribution in [1.29, 1.82) is 0 Å². The lowest BCUT2D eigenvalue weighted by molar-refractivity contribution is -0.128. The van der Waals surface area contributed by atoms with Crippen LogP contribution in [0.3, 0.4) is 0 Å². The number of hydrogen-bond donors (Lipinski definition) is 2. The first-order valence-corrected chi connectivity index (χ1v) is 6.62. The van der Waals surface area contributed by atoms with E-state index in [1.807, 2.05) is 52.0 Å². The van der Waals surface area contributed by atoms with Crippen LogP contribution in [0, 0.1) is 6.92 Å². The van der Waals surface area contributed by atoms with E-state index in [2.05, 4.69) is 5.32 Å². The predicted octanol–water partition coefficient (Wildman–Crippen LogP) is 2.01. The number of rotatable bonds is 6. The lowest BCUT2D eigenvalue weighted by atomic mass is 10.1. The average Bonchev–Trinajstić information content (AvgIpc) is 2.32. The van der Waals surface area contributed by atoms with Gasteiger partial charge >= 0.3 is 0 Å². The first-order valence-electron chi connectivity index (χ1n) is 6.62. The molecular formula is C15H24N2O2. The van der Waals surface area contributed by atoms with E-state index in [-0.39, 0.29) is 5.91 Å². The number of benzene rings is 1. The van der Waals surface area contributed by atoms with Gasteiger partial charge in [0, 0.05) is 12.1 Å². The zero-order valence-electron chi connectivity index (χ0n) is 12.2. The van der Waals surface area contributed by atoms with Gasteiger partial charge in [0.15, 0.2) is 6.10 Å². The van der Waals surface area contributed by atoms with E-state index in [0.29, 0.717) is 18.7 Å². The van der Waals surface area contributed by atoms with Crippen molar-refractivity contribution in [1.82, 2.24) is 5.32 Å². The van der Waals surface area contributed by atoms with Gasteiger partial charge in [0.2, 0.25) is 0 Å². The third-order valence-electron chi connectivity index (χ3n) is 2.65. The Morgan fingerprint density at radius 3 is 2.68 bits per heavy atom. The second kappa shape index (κ2) is 6.57. The highest BCUT2D eigenvalue weighted by Gasteiger charge is 2.20. The van der Waals surface area contributed by atoms with Crippen LogP contribution in [0.5, 0.6) is 5.75 Å². The van der Waals surface area contributed by atoms with Crippen LogP contribution in [0.25, 0.3) is 0 Å². The van der Waals surface area contributed by atoms with Gasteiger partial charge in [-0.05, 0) is 44.9 Å². The maximum absolute atomic E-state index is 12.0. The van der Waals surface area contributed by atoms with Crippen LogP contribution in [0.1, 0.15) is 32.8 Å². The van der Waals surface area contributed by atoms with Gasteiger partial charge in [-0.2, -0.15) is 0 Å². The molecule has 1 unspecified atom stereocenters. The molecule has 0 heterocycles. The number of amides is 1. The van der Waals surface area contributed by atoms with Crippen molar-refractivity contribution in [3.8, 4) is 5.75 Å². The van der Waals surface area contributed by atoms with E-state index in [9.17, 15) is 4.79 Å². The molecule has 0 aliphatic heterocycles. The molecule has 1 rings (SSSR count). The molecule has 0 aliphatic carbocycles. The highest BCUT2D eigenvalue weighted by atomic mass is 16.5. The third-order valence-corrected chi connectivity index (χ3v) is 2.65. The lowest BCUT2D eigenvalue weighted by Crippen LogP contribution is -2.48. The molecule has 0 saturated carbocycles. The largest absolute Gasteiger partial charge is 0.481 e. The maximum Gasteiger partial charge on any atom is 0.261 e. The number of aryl methyl sites for hydroxylation is 1. The molecule has 0 bridgehead atoms. The maximum atomic E-state index is 12.0. The molecule has 0 saturated heterocycles. The Balaban J connectivity index is 2.60. The van der Waals surface area contributed by atoms with E-state index in [4.69, 9.17) is 10.5 Å². The molecule has 19 heavy (non-hydrogen) atoms. The molecule has 0 aromatic heterocycles. The van der Waals surface area contributed by atoms with E-state index in [1.54, 1.807) is 0 Å². The van der Waals surface area contributed by atoms with Gasteiger partial charge in [0.05, 0.1) is 0 Å². The molecule has 0 spiro atoms. The molecule has 1 aromatic rings.